The summed E-state index contributed by atoms with van der Waals surface area (Å²) in [5, 5.41) is 0. The molecule has 0 radical (unpaired) electrons. The summed E-state index contributed by atoms with van der Waals surface area (Å²) in [6, 6.07) is 0. The fraction of sp³-hybridized carbons (Fsp3) is 0.737. The van der Waals surface area contributed by atoms with Crippen LogP contribution in [-0.4, -0.2) is 73.8 Å². The van der Waals surface area contributed by atoms with Crippen LogP contribution in [0.4, 0.5) is 16.2 Å². The van der Waals surface area contributed by atoms with E-state index >= 15 is 0 Å². The van der Waals surface area contributed by atoms with Gasteiger partial charge in [-0.1, -0.05) is 0 Å². The van der Waals surface area contributed by atoms with Crippen molar-refractivity contribution in [3.05, 3.63) is 12.0 Å². The van der Waals surface area contributed by atoms with Gasteiger partial charge in [0.2, 0.25) is 11.9 Å². The van der Waals surface area contributed by atoms with Crippen molar-refractivity contribution in [1.29, 1.82) is 0 Å². The lowest BCUT2D eigenvalue weighted by atomic mass is 9.78. The first kappa shape index (κ1) is 18.4. The molecule has 0 N–H and O–H groups in total. The largest absolute Gasteiger partial charge is 0.383 e. The quantitative estimate of drug-likeness (QED) is 0.778. The zero-order valence-corrected chi connectivity index (χ0v) is 16.0. The molecule has 0 aliphatic carbocycles. The molecule has 0 saturated carbocycles. The molecule has 3 aliphatic heterocycles. The number of hydrogen-bond acceptors (Lipinski definition) is 6. The van der Waals surface area contributed by atoms with Crippen LogP contribution in [0.2, 0.25) is 0 Å². The van der Waals surface area contributed by atoms with Crippen molar-refractivity contribution in [2.75, 3.05) is 62.8 Å². The minimum absolute atomic E-state index is 0.218. The van der Waals surface area contributed by atoms with Crippen LogP contribution in [0.5, 0.6) is 0 Å². The van der Waals surface area contributed by atoms with E-state index < -0.39 is 0 Å². The highest BCUT2D eigenvalue weighted by molar-refractivity contribution is 5.85. The number of anilines is 2. The Bertz CT molecular complexity index is 697. The summed E-state index contributed by atoms with van der Waals surface area (Å²) < 4.78 is 19.4. The molecule has 0 bridgehead atoms. The summed E-state index contributed by atoms with van der Waals surface area (Å²) in [6.45, 7) is 5.02. The van der Waals surface area contributed by atoms with Crippen LogP contribution in [0.1, 0.15) is 32.1 Å². The molecule has 148 valence electrons. The van der Waals surface area contributed by atoms with Gasteiger partial charge in [-0.15, -0.1) is 0 Å². The summed E-state index contributed by atoms with van der Waals surface area (Å²) in [4.78, 5) is 27.8. The van der Waals surface area contributed by atoms with Crippen LogP contribution in [0, 0.1) is 11.2 Å². The van der Waals surface area contributed by atoms with E-state index in [1.807, 2.05) is 9.80 Å². The smallest absolute Gasteiger partial charge is 0.230 e. The summed E-state index contributed by atoms with van der Waals surface area (Å²) in [6.07, 6.45) is 6.11. The lowest BCUT2D eigenvalue weighted by molar-refractivity contribution is -0.145. The van der Waals surface area contributed by atoms with Crippen molar-refractivity contribution in [1.82, 2.24) is 14.9 Å². The Morgan fingerprint density at radius 1 is 1.15 bits per heavy atom. The first-order valence-electron chi connectivity index (χ1n) is 9.94. The number of amides is 1. The number of rotatable bonds is 5. The number of likely N-dealkylation sites (tertiary alicyclic amines) is 1. The molecule has 3 aliphatic rings. The molecule has 1 aromatic heterocycles. The molecule has 8 heteroatoms. The van der Waals surface area contributed by atoms with Crippen LogP contribution >= 0.6 is 0 Å². The summed E-state index contributed by atoms with van der Waals surface area (Å²) in [7, 11) is 1.66. The Hall–Kier alpha value is -1.96. The third-order valence-corrected chi connectivity index (χ3v) is 6.14. The summed E-state index contributed by atoms with van der Waals surface area (Å²) in [5.41, 5.74) is -0.364. The van der Waals surface area contributed by atoms with E-state index in [2.05, 4.69) is 14.9 Å². The molecule has 27 heavy (non-hydrogen) atoms. The second kappa shape index (κ2) is 7.58. The molecule has 1 aromatic rings. The molecule has 1 spiro atoms. The van der Waals surface area contributed by atoms with Gasteiger partial charge in [0.1, 0.15) is 0 Å². The predicted molar refractivity (Wildman–Crippen MR) is 100 cm³/mol. The average molecular weight is 377 g/mol. The zero-order chi connectivity index (χ0) is 18.9. The molecule has 4 rings (SSSR count). The van der Waals surface area contributed by atoms with Gasteiger partial charge in [-0.25, -0.2) is 9.37 Å². The van der Waals surface area contributed by atoms with Gasteiger partial charge >= 0.3 is 0 Å². The maximum atomic E-state index is 14.2. The van der Waals surface area contributed by atoms with Crippen LogP contribution in [-0.2, 0) is 9.53 Å². The minimum atomic E-state index is -0.367. The molecule has 0 aromatic carbocycles. The van der Waals surface area contributed by atoms with Crippen molar-refractivity contribution >= 4 is 17.7 Å². The van der Waals surface area contributed by atoms with Crippen molar-refractivity contribution < 1.29 is 13.9 Å². The Balaban J connectivity index is 1.50. The molecule has 1 atom stereocenters. The van der Waals surface area contributed by atoms with E-state index in [-0.39, 0.29) is 17.1 Å². The maximum Gasteiger partial charge on any atom is 0.230 e. The number of ether oxygens (including phenoxy) is 1. The highest BCUT2D eigenvalue weighted by Crippen LogP contribution is 2.41. The normalized spacial score (nSPS) is 25.9. The van der Waals surface area contributed by atoms with Crippen LogP contribution in [0.15, 0.2) is 6.20 Å². The monoisotopic (exact) mass is 377 g/mol. The summed E-state index contributed by atoms with van der Waals surface area (Å²) >= 11 is 0. The number of aromatic nitrogens is 2. The van der Waals surface area contributed by atoms with Gasteiger partial charge in [-0.05, 0) is 32.1 Å². The first-order valence-corrected chi connectivity index (χ1v) is 9.94. The second-order valence-electron chi connectivity index (χ2n) is 7.88. The number of halogens is 1. The van der Waals surface area contributed by atoms with Crippen LogP contribution in [0.3, 0.4) is 0 Å². The Morgan fingerprint density at radius 2 is 1.96 bits per heavy atom. The van der Waals surface area contributed by atoms with E-state index in [0.29, 0.717) is 31.5 Å². The molecule has 0 unspecified atom stereocenters. The maximum absolute atomic E-state index is 14.2. The standard InChI is InChI=1S/C19H28FN5O2/c1-27-12-11-24-9-4-5-19(17(24)26)6-10-25(14-19)18-21-13-15(20)16(22-18)23-7-2-3-8-23/h13H,2-12,14H2,1H3/t19-/m1/s1. The van der Waals surface area contributed by atoms with Crippen molar-refractivity contribution in [3.8, 4) is 0 Å². The van der Waals surface area contributed by atoms with Gasteiger partial charge in [-0.2, -0.15) is 4.98 Å². The SMILES string of the molecule is COCCN1CCC[C@]2(CCN(c3ncc(F)c(N4CCCC4)n3)C2)C1=O. The fourth-order valence-electron chi connectivity index (χ4n) is 4.64. The van der Waals surface area contributed by atoms with Gasteiger partial charge in [0.15, 0.2) is 11.6 Å². The van der Waals surface area contributed by atoms with E-state index in [4.69, 9.17) is 4.74 Å². The molecule has 3 saturated heterocycles. The van der Waals surface area contributed by atoms with E-state index in [9.17, 15) is 9.18 Å². The van der Waals surface area contributed by atoms with Gasteiger partial charge in [0.05, 0.1) is 18.2 Å². The first-order chi connectivity index (χ1) is 13.1. The average Bonchev–Trinajstić information content (AvgIpc) is 3.35. The highest BCUT2D eigenvalue weighted by atomic mass is 19.1. The number of carbonyl (C=O) groups is 1. The molecule has 3 fully saturated rings. The summed E-state index contributed by atoms with van der Waals surface area (Å²) in [5.74, 6) is 0.788. The molecule has 1 amide bonds. The third-order valence-electron chi connectivity index (χ3n) is 6.14. The highest BCUT2D eigenvalue weighted by Gasteiger charge is 2.48. The van der Waals surface area contributed by atoms with E-state index in [0.717, 1.165) is 58.3 Å². The topological polar surface area (TPSA) is 61.8 Å². The number of nitrogens with zero attached hydrogens (tertiary/aromatic N) is 5. The van der Waals surface area contributed by atoms with Crippen LogP contribution < -0.4 is 9.80 Å². The van der Waals surface area contributed by atoms with Gasteiger partial charge in [-0.3, -0.25) is 4.79 Å². The fourth-order valence-corrected chi connectivity index (χ4v) is 4.64. The third kappa shape index (κ3) is 3.47. The van der Waals surface area contributed by atoms with Crippen molar-refractivity contribution in [2.24, 2.45) is 5.41 Å². The second-order valence-corrected chi connectivity index (χ2v) is 7.88. The number of methoxy groups -OCH3 is 1. The van der Waals surface area contributed by atoms with Gasteiger partial charge < -0.3 is 19.4 Å². The predicted octanol–water partition coefficient (Wildman–Crippen LogP) is 1.68. The Kier molecular flexibility index (Phi) is 5.16. The van der Waals surface area contributed by atoms with Crippen molar-refractivity contribution in [3.63, 3.8) is 0 Å². The Morgan fingerprint density at radius 3 is 2.74 bits per heavy atom. The number of hydrogen-bond donors (Lipinski definition) is 0. The van der Waals surface area contributed by atoms with E-state index in [1.54, 1.807) is 7.11 Å². The lowest BCUT2D eigenvalue weighted by Crippen LogP contribution is -2.51. The van der Waals surface area contributed by atoms with E-state index in [1.165, 1.54) is 6.20 Å². The van der Waals surface area contributed by atoms with Crippen molar-refractivity contribution in [2.45, 2.75) is 32.1 Å². The number of piperidine rings is 1. The molecular weight excluding hydrogens is 349 g/mol. The molecule has 4 heterocycles. The van der Waals surface area contributed by atoms with Gasteiger partial charge in [0, 0.05) is 46.4 Å². The molecule has 7 nitrogen and oxygen atoms in total. The Labute approximate surface area is 159 Å². The molecular formula is C19H28FN5O2. The lowest BCUT2D eigenvalue weighted by Gasteiger charge is -2.39. The van der Waals surface area contributed by atoms with Gasteiger partial charge in [0.25, 0.3) is 0 Å². The van der Waals surface area contributed by atoms with Crippen LogP contribution in [0.25, 0.3) is 0 Å². The zero-order valence-electron chi connectivity index (χ0n) is 16.0. The minimum Gasteiger partial charge on any atom is -0.383 e. The number of carbonyl (C=O) groups excluding carboxylic acids is 1.